The van der Waals surface area contributed by atoms with Crippen LogP contribution in [0, 0.1) is 0 Å². The van der Waals surface area contributed by atoms with Crippen molar-refractivity contribution in [2.45, 2.75) is 0 Å². The minimum Gasteiger partial charge on any atom is -0.477 e. The molecule has 0 aliphatic heterocycles. The molecule has 0 fully saturated rings. The van der Waals surface area contributed by atoms with Crippen LogP contribution < -0.4 is 0 Å². The quantitative estimate of drug-likeness (QED) is 0.728. The number of carboxylic acids is 1. The van der Waals surface area contributed by atoms with Gasteiger partial charge < -0.3 is 5.11 Å². The van der Waals surface area contributed by atoms with Gasteiger partial charge in [-0.3, -0.25) is 4.98 Å². The summed E-state index contributed by atoms with van der Waals surface area (Å²) in [6, 6.07) is 10.7. The normalized spacial score (nSPS) is 9.56. The number of nitrogens with zero attached hydrogens (tertiary/aromatic N) is 2. The van der Waals surface area contributed by atoms with E-state index in [-0.39, 0.29) is 5.69 Å². The maximum atomic E-state index is 10.6. The fourth-order valence-corrected chi connectivity index (χ4v) is 1.71. The Morgan fingerprint density at radius 3 is 2.61 bits per heavy atom. The smallest absolute Gasteiger partial charge is 0.354 e. The first kappa shape index (κ1) is 12.2. The number of thiazole rings is 1. The van der Waals surface area contributed by atoms with Gasteiger partial charge in [0.2, 0.25) is 0 Å². The summed E-state index contributed by atoms with van der Waals surface area (Å²) in [5, 5.41) is 11.6. The molecule has 90 valence electrons. The molecule has 0 aliphatic carbocycles. The maximum absolute atomic E-state index is 10.6. The lowest BCUT2D eigenvalue weighted by atomic mass is 10.2. The predicted octanol–water partition coefficient (Wildman–Crippen LogP) is 3.08. The first-order chi connectivity index (χ1) is 8.77. The van der Waals surface area contributed by atoms with Crippen LogP contribution in [0.4, 0.5) is 0 Å². The largest absolute Gasteiger partial charge is 0.477 e. The van der Waals surface area contributed by atoms with Gasteiger partial charge in [0.25, 0.3) is 0 Å². The molecule has 4 nitrogen and oxygen atoms in total. The molecule has 3 rings (SSSR count). The number of aromatic carboxylic acids is 1. The van der Waals surface area contributed by atoms with Gasteiger partial charge in [0.05, 0.1) is 11.0 Å². The topological polar surface area (TPSA) is 63.1 Å². The summed E-state index contributed by atoms with van der Waals surface area (Å²) in [5.74, 6) is -0.995. The first-order valence-corrected chi connectivity index (χ1v) is 6.13. The highest BCUT2D eigenvalue weighted by Crippen LogP contribution is 2.11. The Balaban J connectivity index is 0.000000202. The molecule has 2 aromatic heterocycles. The van der Waals surface area contributed by atoms with E-state index < -0.39 is 5.97 Å². The zero-order valence-electron chi connectivity index (χ0n) is 9.35. The Bertz CT molecular complexity index is 621. The van der Waals surface area contributed by atoms with Gasteiger partial charge in [-0.2, -0.15) is 0 Å². The van der Waals surface area contributed by atoms with E-state index >= 15 is 0 Å². The molecule has 5 heteroatoms. The lowest BCUT2D eigenvalue weighted by molar-refractivity contribution is 0.0691. The van der Waals surface area contributed by atoms with Gasteiger partial charge >= 0.3 is 5.97 Å². The Kier molecular flexibility index (Phi) is 3.98. The van der Waals surface area contributed by atoms with Crippen LogP contribution in [0.5, 0.6) is 0 Å². The molecular weight excluding hydrogens is 248 g/mol. The van der Waals surface area contributed by atoms with Crippen molar-refractivity contribution in [3.63, 3.8) is 0 Å². The molecular formula is C13H10N2O2S. The Hall–Kier alpha value is -2.27. The molecule has 3 aromatic rings. The highest BCUT2D eigenvalue weighted by molar-refractivity contribution is 7.07. The van der Waals surface area contributed by atoms with Crippen LogP contribution in [0.25, 0.3) is 10.9 Å². The van der Waals surface area contributed by atoms with Gasteiger partial charge in [-0.1, -0.05) is 24.3 Å². The Morgan fingerprint density at radius 2 is 2.00 bits per heavy atom. The van der Waals surface area contributed by atoms with Crippen molar-refractivity contribution in [2.24, 2.45) is 0 Å². The number of hydrogen-bond acceptors (Lipinski definition) is 4. The Labute approximate surface area is 108 Å². The maximum Gasteiger partial charge on any atom is 0.354 e. The average molecular weight is 258 g/mol. The van der Waals surface area contributed by atoms with Crippen molar-refractivity contribution in [2.75, 3.05) is 0 Å². The summed E-state index contributed by atoms with van der Waals surface area (Å²) in [7, 11) is 0. The van der Waals surface area contributed by atoms with Crippen molar-refractivity contribution in [3.8, 4) is 0 Å². The number of pyridine rings is 1. The molecule has 1 N–H and O–H groups in total. The van der Waals surface area contributed by atoms with Gasteiger partial charge in [0, 0.05) is 17.0 Å². The SMILES string of the molecule is O=C(O)c1ccc2ccccc2n1.c1cscn1. The van der Waals surface area contributed by atoms with E-state index in [9.17, 15) is 4.79 Å². The number of hydrogen-bond donors (Lipinski definition) is 1. The number of para-hydroxylation sites is 1. The fourth-order valence-electron chi connectivity index (χ4n) is 1.36. The second kappa shape index (κ2) is 5.88. The van der Waals surface area contributed by atoms with E-state index in [0.717, 1.165) is 5.39 Å². The van der Waals surface area contributed by atoms with Gasteiger partial charge in [0.1, 0.15) is 5.69 Å². The molecule has 2 heterocycles. The van der Waals surface area contributed by atoms with Crippen molar-refractivity contribution in [1.29, 1.82) is 0 Å². The molecule has 0 unspecified atom stereocenters. The predicted molar refractivity (Wildman–Crippen MR) is 70.8 cm³/mol. The number of aromatic nitrogens is 2. The molecule has 0 spiro atoms. The molecule has 0 saturated carbocycles. The summed E-state index contributed by atoms with van der Waals surface area (Å²) in [5.41, 5.74) is 2.58. The molecule has 18 heavy (non-hydrogen) atoms. The van der Waals surface area contributed by atoms with Crippen molar-refractivity contribution < 1.29 is 9.90 Å². The molecule has 0 amide bonds. The zero-order chi connectivity index (χ0) is 12.8. The highest BCUT2D eigenvalue weighted by Gasteiger charge is 2.03. The fraction of sp³-hybridized carbons (Fsp3) is 0. The van der Waals surface area contributed by atoms with Crippen molar-refractivity contribution >= 4 is 28.2 Å². The van der Waals surface area contributed by atoms with Crippen LogP contribution in [0.15, 0.2) is 53.5 Å². The standard InChI is InChI=1S/C10H7NO2.C3H3NS/c12-10(13)9-6-5-7-3-1-2-4-8(7)11-9;1-2-5-3-4-1/h1-6H,(H,12,13);1-3H. The number of carbonyl (C=O) groups is 1. The summed E-state index contributed by atoms with van der Waals surface area (Å²) in [4.78, 5) is 18.3. The van der Waals surface area contributed by atoms with E-state index in [2.05, 4.69) is 9.97 Å². The van der Waals surface area contributed by atoms with E-state index in [1.807, 2.05) is 23.6 Å². The summed E-state index contributed by atoms with van der Waals surface area (Å²) in [6.07, 6.45) is 1.77. The number of fused-ring (bicyclic) bond motifs is 1. The minimum absolute atomic E-state index is 0.0821. The molecule has 0 bridgehead atoms. The molecule has 0 atom stereocenters. The lowest BCUT2D eigenvalue weighted by Gasteiger charge is -1.97. The van der Waals surface area contributed by atoms with Gasteiger partial charge in [-0.05, 0) is 12.1 Å². The van der Waals surface area contributed by atoms with E-state index in [0.29, 0.717) is 5.52 Å². The third kappa shape index (κ3) is 3.11. The monoisotopic (exact) mass is 258 g/mol. The van der Waals surface area contributed by atoms with Crippen molar-refractivity contribution in [3.05, 3.63) is 59.2 Å². The summed E-state index contributed by atoms with van der Waals surface area (Å²) < 4.78 is 0. The summed E-state index contributed by atoms with van der Waals surface area (Å²) >= 11 is 1.60. The van der Waals surface area contributed by atoms with Gasteiger partial charge in [-0.25, -0.2) is 9.78 Å². The lowest BCUT2D eigenvalue weighted by Crippen LogP contribution is -1.99. The van der Waals surface area contributed by atoms with E-state index in [1.54, 1.807) is 35.2 Å². The van der Waals surface area contributed by atoms with Gasteiger partial charge in [0.15, 0.2) is 0 Å². The van der Waals surface area contributed by atoms with Crippen LogP contribution in [0.2, 0.25) is 0 Å². The van der Waals surface area contributed by atoms with E-state index in [4.69, 9.17) is 5.11 Å². The number of benzene rings is 1. The minimum atomic E-state index is -0.995. The Morgan fingerprint density at radius 1 is 1.17 bits per heavy atom. The average Bonchev–Trinajstić information content (AvgIpc) is 2.97. The van der Waals surface area contributed by atoms with Crippen LogP contribution >= 0.6 is 11.3 Å². The molecule has 1 aromatic carbocycles. The first-order valence-electron chi connectivity index (χ1n) is 5.18. The van der Waals surface area contributed by atoms with Gasteiger partial charge in [-0.15, -0.1) is 11.3 Å². The third-order valence-corrected chi connectivity index (χ3v) is 2.69. The van der Waals surface area contributed by atoms with Crippen molar-refractivity contribution in [1.82, 2.24) is 9.97 Å². The number of rotatable bonds is 1. The number of carboxylic acid groups (broad SMARTS) is 1. The molecule has 0 aliphatic rings. The zero-order valence-corrected chi connectivity index (χ0v) is 10.2. The van der Waals surface area contributed by atoms with Crippen LogP contribution in [-0.4, -0.2) is 21.0 Å². The summed E-state index contributed by atoms with van der Waals surface area (Å²) in [6.45, 7) is 0. The van der Waals surface area contributed by atoms with Crippen LogP contribution in [0.1, 0.15) is 10.5 Å². The van der Waals surface area contributed by atoms with Crippen LogP contribution in [-0.2, 0) is 0 Å². The second-order valence-electron chi connectivity index (χ2n) is 3.37. The molecule has 0 saturated heterocycles. The third-order valence-electron chi connectivity index (χ3n) is 2.16. The highest BCUT2D eigenvalue weighted by atomic mass is 32.1. The second-order valence-corrected chi connectivity index (χ2v) is 4.13. The molecule has 0 radical (unpaired) electrons. The van der Waals surface area contributed by atoms with E-state index in [1.165, 1.54) is 6.07 Å². The van der Waals surface area contributed by atoms with Crippen LogP contribution in [0.3, 0.4) is 0 Å².